The first-order valence-electron chi connectivity index (χ1n) is 8.44. The van der Waals surface area contributed by atoms with Crippen molar-refractivity contribution in [3.05, 3.63) is 5.21 Å². The van der Waals surface area contributed by atoms with Gasteiger partial charge in [-0.1, -0.05) is 52.4 Å². The van der Waals surface area contributed by atoms with E-state index in [1.807, 2.05) is 6.92 Å². The van der Waals surface area contributed by atoms with Gasteiger partial charge in [0.25, 0.3) is 0 Å². The fourth-order valence-corrected chi connectivity index (χ4v) is 2.92. The Morgan fingerprint density at radius 2 is 1.35 bits per heavy atom. The van der Waals surface area contributed by atoms with E-state index in [1.165, 1.54) is 38.5 Å². The molecule has 0 aromatic heterocycles. The third-order valence-electron chi connectivity index (χ3n) is 4.23. The Morgan fingerprint density at radius 1 is 0.850 bits per heavy atom. The van der Waals surface area contributed by atoms with Crippen LogP contribution in [-0.2, 0) is 0 Å². The highest BCUT2D eigenvalue weighted by Gasteiger charge is 2.26. The van der Waals surface area contributed by atoms with Crippen LogP contribution < -0.4 is 0 Å². The van der Waals surface area contributed by atoms with Crippen molar-refractivity contribution >= 4 is 0 Å². The molecule has 1 unspecified atom stereocenters. The van der Waals surface area contributed by atoms with Gasteiger partial charge in [0.05, 0.1) is 19.3 Å². The molecule has 1 atom stereocenters. The van der Waals surface area contributed by atoms with Gasteiger partial charge in [-0.25, -0.2) is 0 Å². The Balaban J connectivity index is 3.98. The van der Waals surface area contributed by atoms with Gasteiger partial charge < -0.3 is 20.1 Å². The molecular formula is C16H35NO3. The van der Waals surface area contributed by atoms with Crippen LogP contribution in [0.1, 0.15) is 71.6 Å². The first kappa shape index (κ1) is 19.8. The molecule has 0 radical (unpaired) electrons. The summed E-state index contributed by atoms with van der Waals surface area (Å²) in [5.74, 6) is 0. The second kappa shape index (κ2) is 12.6. The van der Waals surface area contributed by atoms with Crippen molar-refractivity contribution in [3.63, 3.8) is 0 Å². The lowest BCUT2D eigenvalue weighted by Crippen LogP contribution is -2.53. The predicted molar refractivity (Wildman–Crippen MR) is 84.2 cm³/mol. The lowest BCUT2D eigenvalue weighted by Gasteiger charge is -2.48. The summed E-state index contributed by atoms with van der Waals surface area (Å²) < 4.78 is -0.431. The minimum atomic E-state index is -0.431. The third kappa shape index (κ3) is 8.20. The molecule has 0 amide bonds. The predicted octanol–water partition coefficient (Wildman–Crippen LogP) is 3.20. The summed E-state index contributed by atoms with van der Waals surface area (Å²) in [6.07, 6.45) is 10.5. The molecule has 0 spiro atoms. The van der Waals surface area contributed by atoms with Crippen LogP contribution in [0.25, 0.3) is 0 Å². The molecule has 122 valence electrons. The number of hydrogen-bond acceptors (Lipinski definition) is 3. The van der Waals surface area contributed by atoms with Gasteiger partial charge >= 0.3 is 0 Å². The SMILES string of the molecule is CCCCCCCCCC(CC)[N+]([O-])(CCO)CCO. The van der Waals surface area contributed by atoms with Gasteiger partial charge in [-0.15, -0.1) is 0 Å². The van der Waals surface area contributed by atoms with Gasteiger partial charge in [-0.05, 0) is 19.3 Å². The number of unbranched alkanes of at least 4 members (excludes halogenated alkanes) is 6. The first-order valence-corrected chi connectivity index (χ1v) is 8.44. The molecule has 0 fully saturated rings. The largest absolute Gasteiger partial charge is 0.632 e. The normalized spacial score (nSPS) is 13.7. The van der Waals surface area contributed by atoms with Crippen LogP contribution >= 0.6 is 0 Å². The van der Waals surface area contributed by atoms with Gasteiger partial charge in [0.2, 0.25) is 0 Å². The summed E-state index contributed by atoms with van der Waals surface area (Å²) in [4.78, 5) is 0. The van der Waals surface area contributed by atoms with Crippen molar-refractivity contribution in [2.24, 2.45) is 0 Å². The van der Waals surface area contributed by atoms with E-state index in [4.69, 9.17) is 10.2 Å². The maximum Gasteiger partial charge on any atom is 0.102 e. The maximum absolute atomic E-state index is 12.7. The maximum atomic E-state index is 12.7. The number of aliphatic hydroxyl groups excluding tert-OH is 2. The van der Waals surface area contributed by atoms with E-state index in [2.05, 4.69) is 6.92 Å². The second-order valence-electron chi connectivity index (χ2n) is 5.82. The van der Waals surface area contributed by atoms with Crippen molar-refractivity contribution < 1.29 is 14.9 Å². The molecule has 0 aromatic rings. The number of rotatable bonds is 14. The second-order valence-corrected chi connectivity index (χ2v) is 5.82. The smallest absolute Gasteiger partial charge is 0.102 e. The van der Waals surface area contributed by atoms with Crippen molar-refractivity contribution in [1.82, 2.24) is 0 Å². The van der Waals surface area contributed by atoms with Crippen LogP contribution in [0.5, 0.6) is 0 Å². The molecule has 0 saturated carbocycles. The fourth-order valence-electron chi connectivity index (χ4n) is 2.92. The van der Waals surface area contributed by atoms with Crippen molar-refractivity contribution in [2.45, 2.75) is 77.7 Å². The van der Waals surface area contributed by atoms with Crippen LogP contribution in [0.2, 0.25) is 0 Å². The third-order valence-corrected chi connectivity index (χ3v) is 4.23. The molecule has 0 aliphatic heterocycles. The molecule has 4 nitrogen and oxygen atoms in total. The number of aliphatic hydroxyl groups is 2. The Kier molecular flexibility index (Phi) is 12.5. The molecule has 0 aromatic carbocycles. The lowest BCUT2D eigenvalue weighted by atomic mass is 10.0. The van der Waals surface area contributed by atoms with E-state index in [-0.39, 0.29) is 32.3 Å². The zero-order valence-electron chi connectivity index (χ0n) is 13.5. The molecule has 0 bridgehead atoms. The van der Waals surface area contributed by atoms with Gasteiger partial charge in [-0.2, -0.15) is 0 Å². The minimum absolute atomic E-state index is 0.0185. The highest BCUT2D eigenvalue weighted by molar-refractivity contribution is 4.61. The molecule has 0 aliphatic rings. The van der Waals surface area contributed by atoms with Crippen LogP contribution in [-0.4, -0.2) is 47.2 Å². The Hall–Kier alpha value is -0.160. The topological polar surface area (TPSA) is 63.5 Å². The van der Waals surface area contributed by atoms with Crippen molar-refractivity contribution in [2.75, 3.05) is 26.3 Å². The molecule has 0 heterocycles. The summed E-state index contributed by atoms with van der Waals surface area (Å²) in [5, 5.41) is 30.8. The zero-order chi connectivity index (χ0) is 15.3. The highest BCUT2D eigenvalue weighted by atomic mass is 16.6. The molecule has 4 heteroatoms. The minimum Gasteiger partial charge on any atom is -0.632 e. The Bertz CT molecular complexity index is 206. The summed E-state index contributed by atoms with van der Waals surface area (Å²) >= 11 is 0. The number of nitrogens with zero attached hydrogens (tertiary/aromatic N) is 1. The monoisotopic (exact) mass is 289 g/mol. The van der Waals surface area contributed by atoms with E-state index in [9.17, 15) is 5.21 Å². The number of hydroxylamine groups is 3. The molecule has 0 aliphatic carbocycles. The standard InChI is InChI=1S/C16H35NO3/c1-3-5-6-7-8-9-10-11-16(4-2)17(20,12-14-18)13-15-19/h16,18-19H,3-15H2,1-2H3. The van der Waals surface area contributed by atoms with E-state index < -0.39 is 4.65 Å². The average molecular weight is 289 g/mol. The first-order chi connectivity index (χ1) is 9.64. The fraction of sp³-hybridized carbons (Fsp3) is 1.00. The van der Waals surface area contributed by atoms with Crippen LogP contribution in [0, 0.1) is 5.21 Å². The van der Waals surface area contributed by atoms with E-state index in [0.717, 1.165) is 19.3 Å². The molecule has 20 heavy (non-hydrogen) atoms. The Labute approximate surface area is 125 Å². The summed E-state index contributed by atoms with van der Waals surface area (Å²) in [5.41, 5.74) is 0. The molecule has 2 N–H and O–H groups in total. The van der Waals surface area contributed by atoms with Crippen LogP contribution in [0.4, 0.5) is 0 Å². The van der Waals surface area contributed by atoms with Gasteiger partial charge in [0.1, 0.15) is 13.1 Å². The van der Waals surface area contributed by atoms with Crippen molar-refractivity contribution in [3.8, 4) is 0 Å². The van der Waals surface area contributed by atoms with Gasteiger partial charge in [-0.3, -0.25) is 0 Å². The van der Waals surface area contributed by atoms with Crippen molar-refractivity contribution in [1.29, 1.82) is 0 Å². The van der Waals surface area contributed by atoms with Crippen LogP contribution in [0.3, 0.4) is 0 Å². The van der Waals surface area contributed by atoms with E-state index in [1.54, 1.807) is 0 Å². The Morgan fingerprint density at radius 3 is 1.80 bits per heavy atom. The number of hydrogen-bond donors (Lipinski definition) is 2. The van der Waals surface area contributed by atoms with Gasteiger partial charge in [0.15, 0.2) is 0 Å². The quantitative estimate of drug-likeness (QED) is 0.293. The number of quaternary nitrogens is 1. The highest BCUT2D eigenvalue weighted by Crippen LogP contribution is 2.21. The molecule has 0 rings (SSSR count). The molecule has 0 saturated heterocycles. The van der Waals surface area contributed by atoms with E-state index in [0.29, 0.717) is 0 Å². The van der Waals surface area contributed by atoms with E-state index >= 15 is 0 Å². The van der Waals surface area contributed by atoms with Gasteiger partial charge in [0, 0.05) is 0 Å². The summed E-state index contributed by atoms with van der Waals surface area (Å²) in [6, 6.07) is 0.0185. The summed E-state index contributed by atoms with van der Waals surface area (Å²) in [7, 11) is 0. The molecular weight excluding hydrogens is 254 g/mol. The summed E-state index contributed by atoms with van der Waals surface area (Å²) in [6.45, 7) is 4.46. The average Bonchev–Trinajstić information content (AvgIpc) is 2.42. The lowest BCUT2D eigenvalue weighted by molar-refractivity contribution is -0.906. The van der Waals surface area contributed by atoms with Crippen LogP contribution in [0.15, 0.2) is 0 Å². The zero-order valence-corrected chi connectivity index (χ0v) is 13.5.